The number of nitriles is 1. The van der Waals surface area contributed by atoms with Crippen molar-refractivity contribution in [2.75, 3.05) is 30.3 Å². The summed E-state index contributed by atoms with van der Waals surface area (Å²) in [5.41, 5.74) is 6.67. The molecule has 1 fully saturated rings. The van der Waals surface area contributed by atoms with Crippen LogP contribution in [0.5, 0.6) is 0 Å². The van der Waals surface area contributed by atoms with E-state index in [1.807, 2.05) is 4.90 Å². The maximum absolute atomic E-state index is 13.1. The molecule has 1 aliphatic rings. The normalized spacial score (nSPS) is 17.7. The molecule has 0 radical (unpaired) electrons. The van der Waals surface area contributed by atoms with Crippen LogP contribution < -0.4 is 10.6 Å². The van der Waals surface area contributed by atoms with Crippen molar-refractivity contribution in [2.24, 2.45) is 0 Å². The maximum Gasteiger partial charge on any atom is 0.212 e. The van der Waals surface area contributed by atoms with Crippen LogP contribution in [0.15, 0.2) is 46.5 Å². The molecule has 9 nitrogen and oxygen atoms in total. The minimum absolute atomic E-state index is 0.000644. The lowest BCUT2D eigenvalue weighted by molar-refractivity contribution is 0.0762. The molecular weight excluding hydrogens is 368 g/mol. The Balaban J connectivity index is 1.86. The van der Waals surface area contributed by atoms with Gasteiger partial charge in [0.25, 0.3) is 0 Å². The Kier molecular flexibility index (Phi) is 4.18. The Hall–Kier alpha value is -3.16. The zero-order chi connectivity index (χ0) is 19.0. The van der Waals surface area contributed by atoms with E-state index < -0.39 is 15.9 Å². The Labute approximate surface area is 155 Å². The second kappa shape index (κ2) is 6.53. The molecule has 1 aliphatic heterocycles. The van der Waals surface area contributed by atoms with Crippen molar-refractivity contribution in [3.05, 3.63) is 36.7 Å². The second-order valence-corrected chi connectivity index (χ2v) is 7.93. The van der Waals surface area contributed by atoms with Gasteiger partial charge in [-0.3, -0.25) is 0 Å². The van der Waals surface area contributed by atoms with Gasteiger partial charge in [0.15, 0.2) is 11.9 Å². The average molecular weight is 384 g/mol. The van der Waals surface area contributed by atoms with E-state index in [1.165, 1.54) is 18.5 Å². The summed E-state index contributed by atoms with van der Waals surface area (Å²) in [4.78, 5) is 13.3. The molecule has 3 N–H and O–H groups in total. The lowest BCUT2D eigenvalue weighted by Crippen LogP contribution is -2.42. The van der Waals surface area contributed by atoms with Crippen LogP contribution in [0.3, 0.4) is 0 Å². The van der Waals surface area contributed by atoms with E-state index in [-0.39, 0.29) is 21.1 Å². The van der Waals surface area contributed by atoms with E-state index in [0.717, 1.165) is 0 Å². The predicted molar refractivity (Wildman–Crippen MR) is 97.8 cm³/mol. The number of nitrogen functional groups attached to an aromatic ring is 1. The van der Waals surface area contributed by atoms with Crippen LogP contribution in [0.2, 0.25) is 0 Å². The Morgan fingerprint density at radius 3 is 2.81 bits per heavy atom. The van der Waals surface area contributed by atoms with Gasteiger partial charge in [-0.25, -0.2) is 18.4 Å². The molecule has 1 aromatic carbocycles. The number of aromatic amines is 1. The lowest BCUT2D eigenvalue weighted by atomic mass is 10.3. The molecule has 3 heterocycles. The van der Waals surface area contributed by atoms with Crippen LogP contribution in [0, 0.1) is 11.3 Å². The SMILES string of the molecule is N#CC1CN(c2ncnc3c(S(=O)(=O)c4ccccc4)c(N)[nH]c23)CCO1. The quantitative estimate of drug-likeness (QED) is 0.684. The Bertz CT molecular complexity index is 1140. The van der Waals surface area contributed by atoms with Crippen molar-refractivity contribution in [1.82, 2.24) is 15.0 Å². The van der Waals surface area contributed by atoms with Crippen LogP contribution in [0.1, 0.15) is 0 Å². The molecule has 1 saturated heterocycles. The summed E-state index contributed by atoms with van der Waals surface area (Å²) in [6.07, 6.45) is 0.717. The van der Waals surface area contributed by atoms with Gasteiger partial charge in [-0.15, -0.1) is 0 Å². The van der Waals surface area contributed by atoms with E-state index in [9.17, 15) is 8.42 Å². The first-order valence-electron chi connectivity index (χ1n) is 8.21. The van der Waals surface area contributed by atoms with E-state index in [1.54, 1.807) is 18.2 Å². The third-order valence-electron chi connectivity index (χ3n) is 4.38. The summed E-state index contributed by atoms with van der Waals surface area (Å²) >= 11 is 0. The largest absolute Gasteiger partial charge is 0.384 e. The highest BCUT2D eigenvalue weighted by Crippen LogP contribution is 2.35. The molecule has 3 aromatic rings. The topological polar surface area (TPSA) is 138 Å². The number of benzene rings is 1. The zero-order valence-corrected chi connectivity index (χ0v) is 15.0. The molecular formula is C17H16N6O3S. The van der Waals surface area contributed by atoms with E-state index in [2.05, 4.69) is 21.0 Å². The summed E-state index contributed by atoms with van der Waals surface area (Å²) in [5, 5.41) is 9.11. The number of H-pyrrole nitrogens is 1. The fraction of sp³-hybridized carbons (Fsp3) is 0.235. The molecule has 0 saturated carbocycles. The third kappa shape index (κ3) is 2.87. The van der Waals surface area contributed by atoms with Crippen LogP contribution in [-0.4, -0.2) is 49.2 Å². The summed E-state index contributed by atoms with van der Waals surface area (Å²) in [7, 11) is -3.86. The third-order valence-corrected chi connectivity index (χ3v) is 6.22. The smallest absolute Gasteiger partial charge is 0.212 e. The van der Waals surface area contributed by atoms with Gasteiger partial charge >= 0.3 is 0 Å². The molecule has 4 rings (SSSR count). The molecule has 138 valence electrons. The van der Waals surface area contributed by atoms with Gasteiger partial charge in [0, 0.05) is 6.54 Å². The van der Waals surface area contributed by atoms with Gasteiger partial charge in [0.05, 0.1) is 24.1 Å². The summed E-state index contributed by atoms with van der Waals surface area (Å²) in [5.74, 6) is 0.491. The van der Waals surface area contributed by atoms with Crippen LogP contribution >= 0.6 is 0 Å². The van der Waals surface area contributed by atoms with Crippen molar-refractivity contribution in [3.63, 3.8) is 0 Å². The van der Waals surface area contributed by atoms with Crippen molar-refractivity contribution >= 4 is 32.5 Å². The van der Waals surface area contributed by atoms with Gasteiger partial charge in [0.1, 0.15) is 28.1 Å². The number of nitrogens with one attached hydrogen (secondary N) is 1. The number of aromatic nitrogens is 3. The van der Waals surface area contributed by atoms with E-state index in [4.69, 9.17) is 15.7 Å². The molecule has 0 bridgehead atoms. The highest BCUT2D eigenvalue weighted by molar-refractivity contribution is 7.92. The fourth-order valence-electron chi connectivity index (χ4n) is 3.13. The Morgan fingerprint density at radius 1 is 1.30 bits per heavy atom. The van der Waals surface area contributed by atoms with Crippen molar-refractivity contribution in [1.29, 1.82) is 5.26 Å². The highest BCUT2D eigenvalue weighted by Gasteiger charge is 2.30. The number of nitrogens with zero attached hydrogens (tertiary/aromatic N) is 4. The average Bonchev–Trinajstić information content (AvgIpc) is 3.05. The highest BCUT2D eigenvalue weighted by atomic mass is 32.2. The van der Waals surface area contributed by atoms with Gasteiger partial charge < -0.3 is 20.4 Å². The molecule has 10 heteroatoms. The number of hydrogen-bond donors (Lipinski definition) is 2. The van der Waals surface area contributed by atoms with E-state index >= 15 is 0 Å². The summed E-state index contributed by atoms with van der Waals surface area (Å²) in [6, 6.07) is 10.1. The van der Waals surface area contributed by atoms with Crippen LogP contribution in [0.25, 0.3) is 11.0 Å². The first-order valence-corrected chi connectivity index (χ1v) is 9.69. The molecule has 27 heavy (non-hydrogen) atoms. The zero-order valence-electron chi connectivity index (χ0n) is 14.2. The van der Waals surface area contributed by atoms with Gasteiger partial charge in [-0.1, -0.05) is 18.2 Å². The van der Waals surface area contributed by atoms with Gasteiger partial charge in [-0.2, -0.15) is 5.26 Å². The van der Waals surface area contributed by atoms with Crippen molar-refractivity contribution < 1.29 is 13.2 Å². The van der Waals surface area contributed by atoms with Crippen molar-refractivity contribution in [3.8, 4) is 6.07 Å². The minimum atomic E-state index is -3.86. The second-order valence-electron chi connectivity index (χ2n) is 6.04. The number of hydrogen-bond acceptors (Lipinski definition) is 8. The number of nitrogens with two attached hydrogens (primary N) is 1. The fourth-order valence-corrected chi connectivity index (χ4v) is 4.63. The first-order chi connectivity index (χ1) is 13.0. The molecule has 1 unspecified atom stereocenters. The molecule has 2 aromatic heterocycles. The number of anilines is 2. The van der Waals surface area contributed by atoms with E-state index in [0.29, 0.717) is 31.0 Å². The van der Waals surface area contributed by atoms with Crippen LogP contribution in [-0.2, 0) is 14.6 Å². The number of sulfone groups is 1. The van der Waals surface area contributed by atoms with Crippen LogP contribution in [0.4, 0.5) is 11.6 Å². The molecule has 0 aliphatic carbocycles. The number of ether oxygens (including phenoxy) is 1. The minimum Gasteiger partial charge on any atom is -0.384 e. The van der Waals surface area contributed by atoms with Gasteiger partial charge in [-0.05, 0) is 12.1 Å². The number of morpholine rings is 1. The lowest BCUT2D eigenvalue weighted by Gasteiger charge is -2.30. The maximum atomic E-state index is 13.1. The Morgan fingerprint density at radius 2 is 2.07 bits per heavy atom. The summed E-state index contributed by atoms with van der Waals surface area (Å²) in [6.45, 7) is 1.21. The van der Waals surface area contributed by atoms with Gasteiger partial charge in [0.2, 0.25) is 9.84 Å². The molecule has 0 amide bonds. The molecule has 1 atom stereocenters. The monoisotopic (exact) mass is 384 g/mol. The summed E-state index contributed by atoms with van der Waals surface area (Å²) < 4.78 is 31.5. The van der Waals surface area contributed by atoms with Crippen molar-refractivity contribution in [2.45, 2.75) is 15.9 Å². The predicted octanol–water partition coefficient (Wildman–Crippen LogP) is 1.10. The number of rotatable bonds is 3. The first kappa shape index (κ1) is 17.3. The molecule has 0 spiro atoms. The standard InChI is InChI=1S/C17H16N6O3S/c18-8-11-9-23(6-7-26-11)17-14-13(20-10-21-17)15(16(19)22-14)27(24,25)12-4-2-1-3-5-12/h1-5,10-11,22H,6-7,9,19H2. The number of fused-ring (bicyclic) bond motifs is 1.